The zero-order valence-corrected chi connectivity index (χ0v) is 15.4. The zero-order chi connectivity index (χ0) is 17.9. The molecule has 4 heteroatoms. The standard InChI is InChI=1S/C22H27N3O/c1-17(22(26)25-16-13-18-9-3-5-11-20(18)25)23-19-10-4-6-12-21(19)24-14-7-2-8-15-24/h3-6,9-12,17,23H,2,7-8,13-16H2,1H3/t17-/m0/s1. The molecule has 4 rings (SSSR count). The molecule has 0 bridgehead atoms. The van der Waals surface area contributed by atoms with Crippen molar-refractivity contribution in [3.05, 3.63) is 54.1 Å². The number of fused-ring (bicyclic) bond motifs is 1. The number of nitrogens with one attached hydrogen (secondary N) is 1. The number of carbonyl (C=O) groups excluding carboxylic acids is 1. The summed E-state index contributed by atoms with van der Waals surface area (Å²) < 4.78 is 0. The van der Waals surface area contributed by atoms with Crippen LogP contribution in [0.4, 0.5) is 17.1 Å². The van der Waals surface area contributed by atoms with E-state index in [1.165, 1.54) is 30.5 Å². The summed E-state index contributed by atoms with van der Waals surface area (Å²) in [6, 6.07) is 16.3. The second-order valence-electron chi connectivity index (χ2n) is 7.30. The third-order valence-electron chi connectivity index (χ3n) is 5.50. The molecule has 1 fully saturated rings. The van der Waals surface area contributed by atoms with Crippen LogP contribution in [0.2, 0.25) is 0 Å². The first-order valence-electron chi connectivity index (χ1n) is 9.74. The zero-order valence-electron chi connectivity index (χ0n) is 15.4. The van der Waals surface area contributed by atoms with Crippen LogP contribution < -0.4 is 15.1 Å². The Bertz CT molecular complexity index is 782. The fourth-order valence-corrected chi connectivity index (χ4v) is 4.10. The van der Waals surface area contributed by atoms with E-state index < -0.39 is 0 Å². The van der Waals surface area contributed by atoms with Gasteiger partial charge in [0.15, 0.2) is 0 Å². The molecule has 2 aromatic rings. The Kier molecular flexibility index (Phi) is 4.83. The van der Waals surface area contributed by atoms with Gasteiger partial charge < -0.3 is 15.1 Å². The number of piperidine rings is 1. The van der Waals surface area contributed by atoms with Gasteiger partial charge in [0.1, 0.15) is 6.04 Å². The predicted molar refractivity (Wildman–Crippen MR) is 108 cm³/mol. The molecule has 0 aliphatic carbocycles. The first kappa shape index (κ1) is 17.0. The first-order chi connectivity index (χ1) is 12.7. The summed E-state index contributed by atoms with van der Waals surface area (Å²) in [7, 11) is 0. The van der Waals surface area contributed by atoms with E-state index in [0.29, 0.717) is 0 Å². The number of nitrogens with zero attached hydrogens (tertiary/aromatic N) is 2. The van der Waals surface area contributed by atoms with Gasteiger partial charge in [-0.15, -0.1) is 0 Å². The van der Waals surface area contributed by atoms with Crippen LogP contribution in [0.3, 0.4) is 0 Å². The topological polar surface area (TPSA) is 35.6 Å². The molecule has 136 valence electrons. The number of para-hydroxylation sites is 3. The largest absolute Gasteiger partial charge is 0.372 e. The van der Waals surface area contributed by atoms with Gasteiger partial charge in [0.2, 0.25) is 5.91 Å². The summed E-state index contributed by atoms with van der Waals surface area (Å²) in [6.07, 6.45) is 4.75. The molecule has 0 aromatic heterocycles. The summed E-state index contributed by atoms with van der Waals surface area (Å²) >= 11 is 0. The lowest BCUT2D eigenvalue weighted by Gasteiger charge is -2.31. The normalized spacial score (nSPS) is 17.7. The highest BCUT2D eigenvalue weighted by Crippen LogP contribution is 2.31. The summed E-state index contributed by atoms with van der Waals surface area (Å²) in [5.41, 5.74) is 4.61. The first-order valence-corrected chi connectivity index (χ1v) is 9.74. The minimum atomic E-state index is -0.257. The van der Waals surface area contributed by atoms with Crippen LogP contribution in [-0.2, 0) is 11.2 Å². The van der Waals surface area contributed by atoms with Crippen molar-refractivity contribution < 1.29 is 4.79 Å². The van der Waals surface area contributed by atoms with Crippen molar-refractivity contribution in [2.45, 2.75) is 38.6 Å². The van der Waals surface area contributed by atoms with Gasteiger partial charge in [0.25, 0.3) is 0 Å². The van der Waals surface area contributed by atoms with Crippen molar-refractivity contribution in [1.29, 1.82) is 0 Å². The predicted octanol–water partition coefficient (Wildman–Crippen LogP) is 4.07. The maximum atomic E-state index is 13.0. The Morgan fingerprint density at radius 1 is 0.923 bits per heavy atom. The third-order valence-corrected chi connectivity index (χ3v) is 5.50. The fourth-order valence-electron chi connectivity index (χ4n) is 4.10. The van der Waals surface area contributed by atoms with Gasteiger partial charge >= 0.3 is 0 Å². The Balaban J connectivity index is 1.50. The minimum Gasteiger partial charge on any atom is -0.372 e. The molecule has 2 aliphatic heterocycles. The Labute approximate surface area is 155 Å². The molecule has 2 aliphatic rings. The number of benzene rings is 2. The maximum Gasteiger partial charge on any atom is 0.249 e. The molecule has 1 amide bonds. The lowest BCUT2D eigenvalue weighted by Crippen LogP contribution is -2.41. The van der Waals surface area contributed by atoms with Crippen molar-refractivity contribution in [1.82, 2.24) is 0 Å². The van der Waals surface area contributed by atoms with Crippen LogP contribution in [0.1, 0.15) is 31.7 Å². The number of anilines is 3. The molecule has 0 saturated carbocycles. The molecule has 0 spiro atoms. The Morgan fingerprint density at radius 2 is 1.62 bits per heavy atom. The van der Waals surface area contributed by atoms with Gasteiger partial charge in [0.05, 0.1) is 11.4 Å². The summed E-state index contributed by atoms with van der Waals surface area (Å²) in [4.78, 5) is 17.4. The minimum absolute atomic E-state index is 0.142. The monoisotopic (exact) mass is 349 g/mol. The maximum absolute atomic E-state index is 13.0. The van der Waals surface area contributed by atoms with E-state index in [9.17, 15) is 4.79 Å². The summed E-state index contributed by atoms with van der Waals surface area (Å²) in [6.45, 7) is 4.94. The van der Waals surface area contributed by atoms with E-state index in [1.54, 1.807) is 0 Å². The third kappa shape index (κ3) is 3.28. The van der Waals surface area contributed by atoms with E-state index in [2.05, 4.69) is 40.5 Å². The van der Waals surface area contributed by atoms with E-state index in [0.717, 1.165) is 37.4 Å². The number of hydrogen-bond acceptors (Lipinski definition) is 3. The van der Waals surface area contributed by atoms with E-state index in [1.807, 2.05) is 30.0 Å². The van der Waals surface area contributed by atoms with Gasteiger partial charge in [-0.1, -0.05) is 30.3 Å². The van der Waals surface area contributed by atoms with Gasteiger partial charge in [0, 0.05) is 25.3 Å². The van der Waals surface area contributed by atoms with Crippen molar-refractivity contribution in [2.75, 3.05) is 34.8 Å². The van der Waals surface area contributed by atoms with Crippen LogP contribution in [0.25, 0.3) is 0 Å². The number of rotatable bonds is 4. The molecular formula is C22H27N3O. The lowest BCUT2D eigenvalue weighted by atomic mass is 10.1. The van der Waals surface area contributed by atoms with Gasteiger partial charge in [-0.2, -0.15) is 0 Å². The van der Waals surface area contributed by atoms with Crippen LogP contribution in [0.15, 0.2) is 48.5 Å². The quantitative estimate of drug-likeness (QED) is 0.904. The van der Waals surface area contributed by atoms with Crippen LogP contribution >= 0.6 is 0 Å². The smallest absolute Gasteiger partial charge is 0.249 e. The Morgan fingerprint density at radius 3 is 2.42 bits per heavy atom. The molecule has 1 atom stereocenters. The van der Waals surface area contributed by atoms with Crippen LogP contribution in [0, 0.1) is 0 Å². The van der Waals surface area contributed by atoms with Gasteiger partial charge in [-0.3, -0.25) is 4.79 Å². The second-order valence-corrected chi connectivity index (χ2v) is 7.30. The molecule has 2 aromatic carbocycles. The molecule has 0 radical (unpaired) electrons. The highest BCUT2D eigenvalue weighted by atomic mass is 16.2. The SMILES string of the molecule is C[C@H](Nc1ccccc1N1CCCCC1)C(=O)N1CCc2ccccc21. The van der Waals surface area contributed by atoms with E-state index in [-0.39, 0.29) is 11.9 Å². The molecule has 1 N–H and O–H groups in total. The highest BCUT2D eigenvalue weighted by molar-refractivity contribution is 6.00. The number of hydrogen-bond donors (Lipinski definition) is 1. The average molecular weight is 349 g/mol. The van der Waals surface area contributed by atoms with E-state index >= 15 is 0 Å². The number of carbonyl (C=O) groups is 1. The summed E-state index contributed by atoms with van der Waals surface area (Å²) in [5, 5.41) is 3.48. The van der Waals surface area contributed by atoms with Crippen molar-refractivity contribution >= 4 is 23.0 Å². The van der Waals surface area contributed by atoms with Gasteiger partial charge in [-0.25, -0.2) is 0 Å². The van der Waals surface area contributed by atoms with Crippen LogP contribution in [-0.4, -0.2) is 31.6 Å². The van der Waals surface area contributed by atoms with Crippen molar-refractivity contribution in [2.24, 2.45) is 0 Å². The average Bonchev–Trinajstić information content (AvgIpc) is 3.12. The molecular weight excluding hydrogens is 322 g/mol. The number of amides is 1. The van der Waals surface area contributed by atoms with Crippen LogP contribution in [0.5, 0.6) is 0 Å². The molecule has 4 nitrogen and oxygen atoms in total. The fraction of sp³-hybridized carbons (Fsp3) is 0.409. The molecule has 0 unspecified atom stereocenters. The summed E-state index contributed by atoms with van der Waals surface area (Å²) in [5.74, 6) is 0.142. The second kappa shape index (κ2) is 7.40. The lowest BCUT2D eigenvalue weighted by molar-refractivity contribution is -0.118. The molecule has 26 heavy (non-hydrogen) atoms. The van der Waals surface area contributed by atoms with Crippen molar-refractivity contribution in [3.63, 3.8) is 0 Å². The van der Waals surface area contributed by atoms with E-state index in [4.69, 9.17) is 0 Å². The van der Waals surface area contributed by atoms with Crippen molar-refractivity contribution in [3.8, 4) is 0 Å². The Hall–Kier alpha value is -2.49. The van der Waals surface area contributed by atoms with Gasteiger partial charge in [-0.05, 0) is 56.4 Å². The highest BCUT2D eigenvalue weighted by Gasteiger charge is 2.28. The molecule has 2 heterocycles. The molecule has 1 saturated heterocycles.